The number of halogens is 1. The van der Waals surface area contributed by atoms with Gasteiger partial charge in [-0.3, -0.25) is 5.43 Å². The summed E-state index contributed by atoms with van der Waals surface area (Å²) in [4.78, 5) is 10.9. The summed E-state index contributed by atoms with van der Waals surface area (Å²) in [7, 11) is 0. The van der Waals surface area contributed by atoms with Gasteiger partial charge in [-0.1, -0.05) is 42.8 Å². The van der Waals surface area contributed by atoms with Crippen LogP contribution >= 0.6 is 11.6 Å². The highest BCUT2D eigenvalue weighted by Crippen LogP contribution is 2.26. The molecule has 0 saturated heterocycles. The van der Waals surface area contributed by atoms with Gasteiger partial charge in [-0.15, -0.1) is 0 Å². The van der Waals surface area contributed by atoms with E-state index in [9.17, 15) is 9.90 Å². The van der Waals surface area contributed by atoms with Crippen LogP contribution in [0.5, 0.6) is 0 Å². The second kappa shape index (κ2) is 6.76. The molecule has 122 valence electrons. The van der Waals surface area contributed by atoms with Gasteiger partial charge >= 0.3 is 0 Å². The Morgan fingerprint density at radius 3 is 2.88 bits per heavy atom. The zero-order valence-electron chi connectivity index (χ0n) is 12.9. The van der Waals surface area contributed by atoms with Gasteiger partial charge in [-0.2, -0.15) is 5.10 Å². The maximum atomic E-state index is 10.9. The summed E-state index contributed by atoms with van der Waals surface area (Å²) in [6.45, 7) is 2.00. The van der Waals surface area contributed by atoms with Crippen LogP contribution in [0.1, 0.15) is 28.6 Å². The van der Waals surface area contributed by atoms with E-state index in [-0.39, 0.29) is 5.56 Å². The highest BCUT2D eigenvalue weighted by atomic mass is 35.5. The number of aryl methyl sites for hydroxylation is 1. The van der Waals surface area contributed by atoms with E-state index in [2.05, 4.69) is 10.5 Å². The standard InChI is InChI=1S/C18H15ClN2O3/c1-2-16-13(12-5-3-4-6-17(12)24-16)10-20-21-15-9-11(18(22)23)7-8-14(15)19/h3-10,21H,2H2,1H3,(H,22,23)/p-1/b20-10-. The lowest BCUT2D eigenvalue weighted by atomic mass is 10.1. The van der Waals surface area contributed by atoms with Gasteiger partial charge in [-0.25, -0.2) is 0 Å². The summed E-state index contributed by atoms with van der Waals surface area (Å²) < 4.78 is 5.79. The molecule has 5 nitrogen and oxygen atoms in total. The number of fused-ring (bicyclic) bond motifs is 1. The van der Waals surface area contributed by atoms with Crippen molar-refractivity contribution in [3.05, 3.63) is 64.4 Å². The molecule has 0 unspecified atom stereocenters. The number of nitrogens with zero attached hydrogens (tertiary/aromatic N) is 1. The number of carboxylic acids is 1. The summed E-state index contributed by atoms with van der Waals surface area (Å²) >= 11 is 6.05. The highest BCUT2D eigenvalue weighted by molar-refractivity contribution is 6.33. The Kier molecular flexibility index (Phi) is 4.53. The first-order valence-corrected chi connectivity index (χ1v) is 7.78. The number of hydrogen-bond donors (Lipinski definition) is 1. The molecule has 0 atom stereocenters. The molecule has 6 heteroatoms. The summed E-state index contributed by atoms with van der Waals surface area (Å²) in [6, 6.07) is 11.9. The van der Waals surface area contributed by atoms with Gasteiger partial charge in [0.05, 0.1) is 22.9 Å². The van der Waals surface area contributed by atoms with Gasteiger partial charge < -0.3 is 14.3 Å². The number of benzene rings is 2. The van der Waals surface area contributed by atoms with Crippen LogP contribution in [0.25, 0.3) is 11.0 Å². The first kappa shape index (κ1) is 16.1. The Morgan fingerprint density at radius 1 is 1.33 bits per heavy atom. The number of furan rings is 1. The average Bonchev–Trinajstić information content (AvgIpc) is 2.94. The fraction of sp³-hybridized carbons (Fsp3) is 0.111. The van der Waals surface area contributed by atoms with Gasteiger partial charge in [0.1, 0.15) is 11.3 Å². The Labute approximate surface area is 143 Å². The van der Waals surface area contributed by atoms with Crippen molar-refractivity contribution in [2.24, 2.45) is 5.10 Å². The van der Waals surface area contributed by atoms with E-state index in [4.69, 9.17) is 16.0 Å². The second-order valence-corrected chi connectivity index (χ2v) is 5.55. The molecule has 3 rings (SSSR count). The van der Waals surface area contributed by atoms with Crippen LogP contribution in [0.15, 0.2) is 52.0 Å². The van der Waals surface area contributed by atoms with Crippen molar-refractivity contribution in [3.63, 3.8) is 0 Å². The highest BCUT2D eigenvalue weighted by Gasteiger charge is 2.10. The predicted molar refractivity (Wildman–Crippen MR) is 92.6 cm³/mol. The van der Waals surface area contributed by atoms with Crippen molar-refractivity contribution in [2.75, 3.05) is 5.43 Å². The SMILES string of the molecule is CCc1oc2ccccc2c1/C=N\Nc1cc(C(=O)[O-])ccc1Cl. The minimum Gasteiger partial charge on any atom is -0.545 e. The Hall–Kier alpha value is -2.79. The predicted octanol–water partition coefficient (Wildman–Crippen LogP) is 3.46. The first-order chi connectivity index (χ1) is 11.6. The zero-order chi connectivity index (χ0) is 17.1. The molecular formula is C18H14ClN2O3-. The van der Waals surface area contributed by atoms with Crippen LogP contribution in [0.4, 0.5) is 5.69 Å². The zero-order valence-corrected chi connectivity index (χ0v) is 13.6. The number of carboxylic acid groups (broad SMARTS) is 1. The fourth-order valence-corrected chi connectivity index (χ4v) is 2.58. The normalized spacial score (nSPS) is 11.2. The Balaban J connectivity index is 1.90. The lowest BCUT2D eigenvalue weighted by Gasteiger charge is -2.07. The molecule has 0 bridgehead atoms. The van der Waals surface area contributed by atoms with Crippen molar-refractivity contribution >= 4 is 40.4 Å². The van der Waals surface area contributed by atoms with Crippen molar-refractivity contribution in [1.29, 1.82) is 0 Å². The number of aromatic carboxylic acids is 1. The van der Waals surface area contributed by atoms with E-state index in [1.165, 1.54) is 18.2 Å². The number of hydrazone groups is 1. The van der Waals surface area contributed by atoms with E-state index in [1.807, 2.05) is 31.2 Å². The maximum absolute atomic E-state index is 10.9. The molecule has 24 heavy (non-hydrogen) atoms. The Morgan fingerprint density at radius 2 is 2.12 bits per heavy atom. The minimum absolute atomic E-state index is 0.0279. The van der Waals surface area contributed by atoms with Gasteiger partial charge in [0.25, 0.3) is 0 Å². The van der Waals surface area contributed by atoms with Crippen molar-refractivity contribution in [3.8, 4) is 0 Å². The molecule has 0 aliphatic carbocycles. The van der Waals surface area contributed by atoms with E-state index >= 15 is 0 Å². The summed E-state index contributed by atoms with van der Waals surface area (Å²) in [5.74, 6) is -0.441. The van der Waals surface area contributed by atoms with Crippen molar-refractivity contribution in [1.82, 2.24) is 0 Å². The number of carbonyl (C=O) groups excluding carboxylic acids is 1. The number of rotatable bonds is 5. The van der Waals surface area contributed by atoms with Gasteiger partial charge in [-0.05, 0) is 23.8 Å². The third-order valence-corrected chi connectivity index (χ3v) is 3.94. The molecule has 3 aromatic rings. The van der Waals surface area contributed by atoms with Crippen LogP contribution in [-0.4, -0.2) is 12.2 Å². The molecular weight excluding hydrogens is 328 g/mol. The van der Waals surface area contributed by atoms with E-state index in [0.717, 1.165) is 28.7 Å². The van der Waals surface area contributed by atoms with E-state index in [0.29, 0.717) is 10.7 Å². The third kappa shape index (κ3) is 3.12. The number of para-hydroxylation sites is 1. The van der Waals surface area contributed by atoms with Gasteiger partial charge in [0, 0.05) is 17.4 Å². The maximum Gasteiger partial charge on any atom is 0.134 e. The summed E-state index contributed by atoms with van der Waals surface area (Å²) in [5, 5.41) is 16.4. The van der Waals surface area contributed by atoms with Crippen LogP contribution in [0.3, 0.4) is 0 Å². The van der Waals surface area contributed by atoms with Crippen LogP contribution in [0, 0.1) is 0 Å². The number of hydrogen-bond acceptors (Lipinski definition) is 5. The number of anilines is 1. The fourth-order valence-electron chi connectivity index (χ4n) is 2.42. The average molecular weight is 342 g/mol. The van der Waals surface area contributed by atoms with Gasteiger partial charge in [0.15, 0.2) is 0 Å². The molecule has 0 saturated carbocycles. The minimum atomic E-state index is -1.27. The van der Waals surface area contributed by atoms with Crippen LogP contribution in [-0.2, 0) is 6.42 Å². The number of nitrogens with one attached hydrogen (secondary N) is 1. The Bertz CT molecular complexity index is 931. The molecule has 1 heterocycles. The third-order valence-electron chi connectivity index (χ3n) is 3.61. The molecule has 1 N–H and O–H groups in total. The molecule has 0 fully saturated rings. The van der Waals surface area contributed by atoms with Crippen molar-refractivity contribution < 1.29 is 14.3 Å². The molecule has 1 aromatic heterocycles. The molecule has 0 radical (unpaired) electrons. The van der Waals surface area contributed by atoms with Crippen molar-refractivity contribution in [2.45, 2.75) is 13.3 Å². The quantitative estimate of drug-likeness (QED) is 0.569. The topological polar surface area (TPSA) is 77.7 Å². The van der Waals surface area contributed by atoms with Crippen LogP contribution < -0.4 is 10.5 Å². The molecule has 2 aromatic carbocycles. The first-order valence-electron chi connectivity index (χ1n) is 7.40. The molecule has 0 aliphatic rings. The summed E-state index contributed by atoms with van der Waals surface area (Å²) in [6.07, 6.45) is 2.38. The van der Waals surface area contributed by atoms with Crippen LogP contribution in [0.2, 0.25) is 5.02 Å². The smallest absolute Gasteiger partial charge is 0.134 e. The largest absolute Gasteiger partial charge is 0.545 e. The lowest BCUT2D eigenvalue weighted by molar-refractivity contribution is -0.255. The second-order valence-electron chi connectivity index (χ2n) is 5.14. The summed E-state index contributed by atoms with van der Waals surface area (Å²) in [5.41, 5.74) is 4.87. The molecule has 0 aliphatic heterocycles. The lowest BCUT2D eigenvalue weighted by Crippen LogP contribution is -2.22. The van der Waals surface area contributed by atoms with Gasteiger partial charge in [0.2, 0.25) is 0 Å². The van der Waals surface area contributed by atoms with E-state index < -0.39 is 5.97 Å². The molecule has 0 amide bonds. The molecule has 0 spiro atoms. The monoisotopic (exact) mass is 341 g/mol. The van der Waals surface area contributed by atoms with E-state index in [1.54, 1.807) is 6.21 Å². The number of carbonyl (C=O) groups is 1.